The molecule has 1 fully saturated rings. The number of fused-ring (bicyclic) bond motifs is 2. The number of hydrogen-bond donors (Lipinski definition) is 1. The van der Waals surface area contributed by atoms with Gasteiger partial charge in [-0.1, -0.05) is 0 Å². The van der Waals surface area contributed by atoms with E-state index in [0.29, 0.717) is 6.04 Å². The van der Waals surface area contributed by atoms with Crippen LogP contribution in [0.15, 0.2) is 43.1 Å². The normalized spacial score (nSPS) is 17.3. The van der Waals surface area contributed by atoms with Crippen LogP contribution in [-0.2, 0) is 13.0 Å². The summed E-state index contributed by atoms with van der Waals surface area (Å²) in [6.45, 7) is 5.97. The highest BCUT2D eigenvalue weighted by Crippen LogP contribution is 2.29. The summed E-state index contributed by atoms with van der Waals surface area (Å²) in [5.74, 6) is 1.01. The van der Waals surface area contributed by atoms with Crippen LogP contribution in [-0.4, -0.2) is 49.0 Å². The Morgan fingerprint density at radius 1 is 1.06 bits per heavy atom. The lowest BCUT2D eigenvalue weighted by Gasteiger charge is -2.30. The fourth-order valence-electron chi connectivity index (χ4n) is 4.77. The molecule has 1 N–H and O–H groups in total. The smallest absolute Gasteiger partial charge is 0.153 e. The molecule has 0 aliphatic carbocycles. The second kappa shape index (κ2) is 7.46. The van der Waals surface area contributed by atoms with Gasteiger partial charge in [0.05, 0.1) is 12.2 Å². The first kappa shape index (κ1) is 18.5. The van der Waals surface area contributed by atoms with Gasteiger partial charge in [-0.15, -0.1) is 5.10 Å². The molecule has 1 saturated heterocycles. The summed E-state index contributed by atoms with van der Waals surface area (Å²) in [5.41, 5.74) is 6.76. The Labute approximate surface area is 180 Å². The molecule has 0 spiro atoms. The summed E-state index contributed by atoms with van der Waals surface area (Å²) in [5, 5.41) is 12.9. The number of anilines is 1. The van der Waals surface area contributed by atoms with Crippen molar-refractivity contribution >= 4 is 11.5 Å². The molecule has 8 nitrogen and oxygen atoms in total. The zero-order chi connectivity index (χ0) is 20.8. The molecule has 0 bridgehead atoms. The zero-order valence-electron chi connectivity index (χ0n) is 17.7. The maximum absolute atomic E-state index is 4.81. The molecular weight excluding hydrogens is 388 g/mol. The van der Waals surface area contributed by atoms with Crippen molar-refractivity contribution in [2.24, 2.45) is 0 Å². The predicted octanol–water partition coefficient (Wildman–Crippen LogP) is 2.78. The van der Waals surface area contributed by atoms with E-state index >= 15 is 0 Å². The first-order valence-electron chi connectivity index (χ1n) is 11.0. The Balaban J connectivity index is 1.28. The summed E-state index contributed by atoms with van der Waals surface area (Å²) in [4.78, 5) is 11.5. The minimum atomic E-state index is 0.489. The van der Waals surface area contributed by atoms with E-state index < -0.39 is 0 Å². The number of nitrogens with zero attached hydrogens (tertiary/aromatic N) is 7. The average Bonchev–Trinajstić information content (AvgIpc) is 3.48. The standard InChI is InChI=1S/C23H26N8/c1-16-10-22-25-7-9-30(22)28-23(16)29-8-4-21-18(14-29)11-17(12-26-21)19-13-27-31(15-19)20-2-5-24-6-3-20/h7,9-13,15,20,24H,2-6,8,14H2,1H3. The van der Waals surface area contributed by atoms with Gasteiger partial charge >= 0.3 is 0 Å². The molecular formula is C23H26N8. The Morgan fingerprint density at radius 3 is 2.87 bits per heavy atom. The topological polar surface area (TPSA) is 76.2 Å². The Hall–Kier alpha value is -3.26. The van der Waals surface area contributed by atoms with E-state index in [1.807, 2.05) is 23.1 Å². The number of rotatable bonds is 3. The Morgan fingerprint density at radius 2 is 1.97 bits per heavy atom. The van der Waals surface area contributed by atoms with Crippen LogP contribution in [0.2, 0.25) is 0 Å². The number of pyridine rings is 1. The van der Waals surface area contributed by atoms with Crippen LogP contribution in [0.4, 0.5) is 5.82 Å². The van der Waals surface area contributed by atoms with Gasteiger partial charge in [-0.3, -0.25) is 9.67 Å². The van der Waals surface area contributed by atoms with Crippen LogP contribution in [0.5, 0.6) is 0 Å². The fraction of sp³-hybridized carbons (Fsp3) is 0.391. The van der Waals surface area contributed by atoms with Gasteiger partial charge in [0, 0.05) is 61.1 Å². The van der Waals surface area contributed by atoms with Gasteiger partial charge in [0.25, 0.3) is 0 Å². The molecule has 6 heterocycles. The number of aryl methyl sites for hydroxylation is 1. The van der Waals surface area contributed by atoms with Gasteiger partial charge in [0.2, 0.25) is 0 Å². The maximum Gasteiger partial charge on any atom is 0.153 e. The van der Waals surface area contributed by atoms with Crippen molar-refractivity contribution in [3.8, 4) is 11.1 Å². The quantitative estimate of drug-likeness (QED) is 0.556. The largest absolute Gasteiger partial charge is 0.350 e. The van der Waals surface area contributed by atoms with Crippen molar-refractivity contribution in [1.82, 2.24) is 34.7 Å². The molecule has 0 amide bonds. The van der Waals surface area contributed by atoms with Gasteiger partial charge in [0.15, 0.2) is 11.5 Å². The first-order chi connectivity index (χ1) is 15.2. The van der Waals surface area contributed by atoms with Crippen molar-refractivity contribution in [3.05, 3.63) is 59.9 Å². The molecule has 2 aliphatic rings. The third-order valence-electron chi connectivity index (χ3n) is 6.51. The van der Waals surface area contributed by atoms with Crippen LogP contribution in [0.25, 0.3) is 16.8 Å². The van der Waals surface area contributed by atoms with Crippen molar-refractivity contribution in [1.29, 1.82) is 0 Å². The minimum Gasteiger partial charge on any atom is -0.350 e. The van der Waals surface area contributed by atoms with Crippen LogP contribution in [0, 0.1) is 6.92 Å². The van der Waals surface area contributed by atoms with E-state index in [1.165, 1.54) is 11.3 Å². The molecule has 31 heavy (non-hydrogen) atoms. The van der Waals surface area contributed by atoms with E-state index in [0.717, 1.165) is 73.6 Å². The number of imidazole rings is 1. The van der Waals surface area contributed by atoms with E-state index in [9.17, 15) is 0 Å². The molecule has 2 aliphatic heterocycles. The SMILES string of the molecule is Cc1cc2nccn2nc1N1CCc2ncc(-c3cnn(C4CCNCC4)c3)cc2C1. The summed E-state index contributed by atoms with van der Waals surface area (Å²) in [6, 6.07) is 4.87. The average molecular weight is 415 g/mol. The Bertz CT molecular complexity index is 1230. The van der Waals surface area contributed by atoms with Crippen LogP contribution < -0.4 is 10.2 Å². The summed E-state index contributed by atoms with van der Waals surface area (Å²) < 4.78 is 3.98. The van der Waals surface area contributed by atoms with Crippen LogP contribution >= 0.6 is 0 Å². The summed E-state index contributed by atoms with van der Waals surface area (Å²) in [6.07, 6.45) is 13.0. The number of aromatic nitrogens is 6. The number of hydrogen-bond acceptors (Lipinski definition) is 6. The maximum atomic E-state index is 4.81. The van der Waals surface area contributed by atoms with Crippen molar-refractivity contribution in [3.63, 3.8) is 0 Å². The van der Waals surface area contributed by atoms with Gasteiger partial charge < -0.3 is 10.2 Å². The molecule has 0 saturated carbocycles. The lowest BCUT2D eigenvalue weighted by Crippen LogP contribution is -2.32. The van der Waals surface area contributed by atoms with E-state index in [2.05, 4.69) is 50.2 Å². The third kappa shape index (κ3) is 3.37. The summed E-state index contributed by atoms with van der Waals surface area (Å²) in [7, 11) is 0. The van der Waals surface area contributed by atoms with Crippen molar-refractivity contribution < 1.29 is 0 Å². The number of nitrogens with one attached hydrogen (secondary N) is 1. The lowest BCUT2D eigenvalue weighted by molar-refractivity contribution is 0.343. The fourth-order valence-corrected chi connectivity index (χ4v) is 4.77. The molecule has 6 rings (SSSR count). The highest BCUT2D eigenvalue weighted by molar-refractivity contribution is 5.63. The van der Waals surface area contributed by atoms with E-state index in [1.54, 1.807) is 6.20 Å². The zero-order valence-corrected chi connectivity index (χ0v) is 17.7. The van der Waals surface area contributed by atoms with Crippen molar-refractivity contribution in [2.75, 3.05) is 24.5 Å². The van der Waals surface area contributed by atoms with E-state index in [-0.39, 0.29) is 0 Å². The monoisotopic (exact) mass is 414 g/mol. The molecule has 158 valence electrons. The minimum absolute atomic E-state index is 0.489. The highest BCUT2D eigenvalue weighted by Gasteiger charge is 2.22. The lowest BCUT2D eigenvalue weighted by atomic mass is 10.0. The molecule has 8 heteroatoms. The second-order valence-corrected chi connectivity index (χ2v) is 8.57. The van der Waals surface area contributed by atoms with Gasteiger partial charge in [-0.2, -0.15) is 5.10 Å². The van der Waals surface area contributed by atoms with Crippen molar-refractivity contribution in [2.45, 2.75) is 38.8 Å². The van der Waals surface area contributed by atoms with Gasteiger partial charge in [-0.05, 0) is 56.1 Å². The molecule has 0 atom stereocenters. The molecule has 0 radical (unpaired) electrons. The molecule has 4 aromatic heterocycles. The first-order valence-corrected chi connectivity index (χ1v) is 11.0. The summed E-state index contributed by atoms with van der Waals surface area (Å²) >= 11 is 0. The molecule has 0 unspecified atom stereocenters. The number of piperidine rings is 1. The highest BCUT2D eigenvalue weighted by atomic mass is 15.3. The Kier molecular flexibility index (Phi) is 4.45. The van der Waals surface area contributed by atoms with Gasteiger partial charge in [-0.25, -0.2) is 9.50 Å². The van der Waals surface area contributed by atoms with Gasteiger partial charge in [0.1, 0.15) is 0 Å². The molecule has 4 aromatic rings. The van der Waals surface area contributed by atoms with Crippen LogP contribution in [0.3, 0.4) is 0 Å². The molecule has 0 aromatic carbocycles. The second-order valence-electron chi connectivity index (χ2n) is 8.57. The predicted molar refractivity (Wildman–Crippen MR) is 119 cm³/mol. The van der Waals surface area contributed by atoms with E-state index in [4.69, 9.17) is 10.1 Å². The van der Waals surface area contributed by atoms with Crippen LogP contribution in [0.1, 0.15) is 35.7 Å². The third-order valence-corrected chi connectivity index (χ3v) is 6.51.